The van der Waals surface area contributed by atoms with Gasteiger partial charge in [0.15, 0.2) is 6.29 Å². The number of esters is 1. The largest absolute Gasteiger partial charge is 0.462 e. The zero-order valence-corrected chi connectivity index (χ0v) is 20.5. The monoisotopic (exact) mass is 466 g/mol. The lowest BCUT2D eigenvalue weighted by Gasteiger charge is -2.31. The van der Waals surface area contributed by atoms with Crippen LogP contribution >= 0.6 is 0 Å². The highest BCUT2D eigenvalue weighted by molar-refractivity contribution is 5.86. The molecule has 0 amide bonds. The summed E-state index contributed by atoms with van der Waals surface area (Å²) >= 11 is 0. The van der Waals surface area contributed by atoms with E-state index in [-0.39, 0.29) is 25.0 Å². The normalized spacial score (nSPS) is 18.9. The molecule has 2 aromatic carbocycles. The number of ether oxygens (including phenoxy) is 3. The van der Waals surface area contributed by atoms with Crippen molar-refractivity contribution in [3.05, 3.63) is 71.8 Å². The highest BCUT2D eigenvalue weighted by Crippen LogP contribution is 2.28. The molecule has 0 saturated carbocycles. The molecule has 1 aliphatic rings. The molecule has 1 saturated heterocycles. The van der Waals surface area contributed by atoms with E-state index >= 15 is 0 Å². The predicted octanol–water partition coefficient (Wildman–Crippen LogP) is 5.66. The summed E-state index contributed by atoms with van der Waals surface area (Å²) in [4.78, 5) is 11.6. The zero-order valence-electron chi connectivity index (χ0n) is 20.5. The SMILES string of the molecule is C=C(C)C(=O)OCC(CO)CC1OCC(c2ccc(-c3ccc(CCCCC)cc3)cc2)CO1. The van der Waals surface area contributed by atoms with Crippen LogP contribution in [-0.2, 0) is 25.4 Å². The maximum Gasteiger partial charge on any atom is 0.333 e. The summed E-state index contributed by atoms with van der Waals surface area (Å²) in [6.07, 6.45) is 4.99. The fourth-order valence-corrected chi connectivity index (χ4v) is 4.05. The lowest BCUT2D eigenvalue weighted by molar-refractivity contribution is -0.198. The molecule has 0 bridgehead atoms. The fraction of sp³-hybridized carbons (Fsp3) is 0.483. The number of hydrogen-bond acceptors (Lipinski definition) is 5. The van der Waals surface area contributed by atoms with E-state index in [1.807, 2.05) is 0 Å². The highest BCUT2D eigenvalue weighted by atomic mass is 16.7. The summed E-state index contributed by atoms with van der Waals surface area (Å²) in [5, 5.41) is 9.60. The standard InChI is InChI=1S/C29H38O5/c1-4-5-6-7-22-8-10-24(11-9-22)25-12-14-26(15-13-25)27-19-32-28(33-20-27)16-23(17-30)18-34-29(31)21(2)3/h8-15,23,27-28,30H,2,4-7,16-20H2,1,3H3. The Morgan fingerprint density at radius 2 is 1.68 bits per heavy atom. The quantitative estimate of drug-likeness (QED) is 0.248. The minimum absolute atomic E-state index is 0.0999. The van der Waals surface area contributed by atoms with Crippen LogP contribution in [-0.4, -0.2) is 43.8 Å². The third-order valence-corrected chi connectivity index (χ3v) is 6.29. The van der Waals surface area contributed by atoms with Crippen molar-refractivity contribution in [2.75, 3.05) is 26.4 Å². The van der Waals surface area contributed by atoms with Crippen LogP contribution in [0.25, 0.3) is 11.1 Å². The molecule has 1 N–H and O–H groups in total. The molecule has 34 heavy (non-hydrogen) atoms. The Morgan fingerprint density at radius 1 is 1.06 bits per heavy atom. The molecule has 1 fully saturated rings. The van der Waals surface area contributed by atoms with Gasteiger partial charge < -0.3 is 19.3 Å². The molecule has 1 atom stereocenters. The van der Waals surface area contributed by atoms with E-state index in [9.17, 15) is 9.90 Å². The topological polar surface area (TPSA) is 65.0 Å². The minimum atomic E-state index is -0.449. The van der Waals surface area contributed by atoms with Crippen LogP contribution in [0.1, 0.15) is 56.6 Å². The Hall–Kier alpha value is -2.47. The van der Waals surface area contributed by atoms with Gasteiger partial charge in [0, 0.05) is 30.4 Å². The number of carbonyl (C=O) groups excluding carboxylic acids is 1. The lowest BCUT2D eigenvalue weighted by Crippen LogP contribution is -2.34. The van der Waals surface area contributed by atoms with E-state index in [1.165, 1.54) is 41.5 Å². The molecular formula is C29H38O5. The number of carbonyl (C=O) groups is 1. The third-order valence-electron chi connectivity index (χ3n) is 6.29. The van der Waals surface area contributed by atoms with Gasteiger partial charge in [0.05, 0.1) is 19.8 Å². The van der Waals surface area contributed by atoms with Crippen molar-refractivity contribution < 1.29 is 24.1 Å². The van der Waals surface area contributed by atoms with Gasteiger partial charge in [-0.05, 0) is 42.0 Å². The van der Waals surface area contributed by atoms with Gasteiger partial charge in [-0.1, -0.05) is 74.9 Å². The third kappa shape index (κ3) is 7.79. The number of aliphatic hydroxyl groups excluding tert-OH is 1. The van der Waals surface area contributed by atoms with Crippen LogP contribution in [0, 0.1) is 5.92 Å². The van der Waals surface area contributed by atoms with E-state index < -0.39 is 12.3 Å². The first kappa shape index (κ1) is 26.1. The molecule has 3 rings (SSSR count). The molecule has 184 valence electrons. The second kappa shape index (κ2) is 13.4. The van der Waals surface area contributed by atoms with Crippen LogP contribution in [0.15, 0.2) is 60.7 Å². The van der Waals surface area contributed by atoms with E-state index in [4.69, 9.17) is 14.2 Å². The molecule has 1 heterocycles. The van der Waals surface area contributed by atoms with Crippen molar-refractivity contribution in [3.8, 4) is 11.1 Å². The summed E-state index contributed by atoms with van der Waals surface area (Å²) in [5.74, 6) is -0.516. The first-order valence-corrected chi connectivity index (χ1v) is 12.4. The Bertz CT molecular complexity index is 895. The molecule has 0 aliphatic carbocycles. The van der Waals surface area contributed by atoms with Crippen molar-refractivity contribution in [3.63, 3.8) is 0 Å². The van der Waals surface area contributed by atoms with E-state index in [1.54, 1.807) is 6.92 Å². The van der Waals surface area contributed by atoms with Gasteiger partial charge in [0.1, 0.15) is 0 Å². The van der Waals surface area contributed by atoms with Gasteiger partial charge in [0.25, 0.3) is 0 Å². The Kier molecular flexibility index (Phi) is 10.3. The first-order chi connectivity index (χ1) is 16.5. The molecular weight excluding hydrogens is 428 g/mol. The summed E-state index contributed by atoms with van der Waals surface area (Å²) in [7, 11) is 0. The number of hydrogen-bond donors (Lipinski definition) is 1. The molecule has 1 unspecified atom stereocenters. The van der Waals surface area contributed by atoms with Crippen molar-refractivity contribution in [2.24, 2.45) is 5.92 Å². The zero-order chi connectivity index (χ0) is 24.3. The van der Waals surface area contributed by atoms with Crippen molar-refractivity contribution >= 4 is 5.97 Å². The maximum absolute atomic E-state index is 11.6. The predicted molar refractivity (Wildman–Crippen MR) is 135 cm³/mol. The first-order valence-electron chi connectivity index (χ1n) is 12.4. The van der Waals surface area contributed by atoms with Gasteiger partial charge >= 0.3 is 5.97 Å². The van der Waals surface area contributed by atoms with E-state index in [0.717, 1.165) is 6.42 Å². The van der Waals surface area contributed by atoms with E-state index in [0.29, 0.717) is 25.2 Å². The number of aryl methyl sites for hydroxylation is 1. The van der Waals surface area contributed by atoms with Gasteiger partial charge in [-0.3, -0.25) is 0 Å². The number of benzene rings is 2. The summed E-state index contributed by atoms with van der Waals surface area (Å²) < 4.78 is 17.0. The lowest BCUT2D eigenvalue weighted by atomic mass is 9.96. The van der Waals surface area contributed by atoms with Gasteiger partial charge in [0.2, 0.25) is 0 Å². The maximum atomic E-state index is 11.6. The molecule has 0 spiro atoms. The Labute approximate surface area is 203 Å². The van der Waals surface area contributed by atoms with Crippen LogP contribution in [0.4, 0.5) is 0 Å². The number of aliphatic hydroxyl groups is 1. The van der Waals surface area contributed by atoms with Crippen molar-refractivity contribution in [1.82, 2.24) is 0 Å². The number of rotatable bonds is 12. The Morgan fingerprint density at radius 3 is 2.24 bits per heavy atom. The summed E-state index contributed by atoms with van der Waals surface area (Å²) in [5.41, 5.74) is 5.36. The smallest absolute Gasteiger partial charge is 0.333 e. The van der Waals surface area contributed by atoms with E-state index in [2.05, 4.69) is 62.0 Å². The molecule has 5 nitrogen and oxygen atoms in total. The second-order valence-corrected chi connectivity index (χ2v) is 9.23. The fourth-order valence-electron chi connectivity index (χ4n) is 4.05. The van der Waals surface area contributed by atoms with Crippen molar-refractivity contribution in [2.45, 2.75) is 58.2 Å². The van der Waals surface area contributed by atoms with Crippen LogP contribution in [0.2, 0.25) is 0 Å². The van der Waals surface area contributed by atoms with Gasteiger partial charge in [-0.15, -0.1) is 0 Å². The van der Waals surface area contributed by atoms with Crippen LogP contribution in [0.3, 0.4) is 0 Å². The Balaban J connectivity index is 1.47. The summed E-state index contributed by atoms with van der Waals surface area (Å²) in [6, 6.07) is 17.5. The molecule has 5 heteroatoms. The highest BCUT2D eigenvalue weighted by Gasteiger charge is 2.26. The second-order valence-electron chi connectivity index (χ2n) is 9.23. The number of unbranched alkanes of at least 4 members (excludes halogenated alkanes) is 2. The molecule has 2 aromatic rings. The van der Waals surface area contributed by atoms with Crippen LogP contribution < -0.4 is 0 Å². The van der Waals surface area contributed by atoms with Gasteiger partial charge in [-0.25, -0.2) is 4.79 Å². The average molecular weight is 467 g/mol. The van der Waals surface area contributed by atoms with Crippen molar-refractivity contribution in [1.29, 1.82) is 0 Å². The van der Waals surface area contributed by atoms with Gasteiger partial charge in [-0.2, -0.15) is 0 Å². The molecule has 0 aromatic heterocycles. The molecule has 0 radical (unpaired) electrons. The summed E-state index contributed by atoms with van der Waals surface area (Å²) in [6.45, 7) is 8.53. The minimum Gasteiger partial charge on any atom is -0.462 e. The van der Waals surface area contributed by atoms with Crippen LogP contribution in [0.5, 0.6) is 0 Å². The molecule has 1 aliphatic heterocycles. The average Bonchev–Trinajstić information content (AvgIpc) is 2.87.